The molecule has 0 spiro atoms. The molecule has 0 radical (unpaired) electrons. The second kappa shape index (κ2) is 10.1. The Labute approximate surface area is 211 Å². The molecule has 0 saturated heterocycles. The Morgan fingerprint density at radius 1 is 1.14 bits per heavy atom. The summed E-state index contributed by atoms with van der Waals surface area (Å²) in [6, 6.07) is 2.15. The average Bonchev–Trinajstić information content (AvgIpc) is 3.21. The molecule has 2 aliphatic rings. The third-order valence-corrected chi connectivity index (χ3v) is 7.45. The van der Waals surface area contributed by atoms with Gasteiger partial charge in [0, 0.05) is 18.0 Å². The number of fused-ring (bicyclic) bond motifs is 1. The molecule has 0 bridgehead atoms. The smallest absolute Gasteiger partial charge is 0.224 e. The lowest BCUT2D eigenvalue weighted by molar-refractivity contribution is -0.122. The van der Waals surface area contributed by atoms with Crippen molar-refractivity contribution in [3.63, 3.8) is 0 Å². The Bertz CT molecular complexity index is 1280. The summed E-state index contributed by atoms with van der Waals surface area (Å²) in [6.07, 6.45) is 6.83. The maximum Gasteiger partial charge on any atom is 0.224 e. The summed E-state index contributed by atoms with van der Waals surface area (Å²) in [5, 5.41) is 15.9. The molecule has 3 aromatic rings. The fraction of sp³-hybridized carbons (Fsp3) is 0.500. The zero-order valence-electron chi connectivity index (χ0n) is 19.6. The van der Waals surface area contributed by atoms with E-state index in [0.717, 1.165) is 31.4 Å². The molecule has 0 aliphatic heterocycles. The van der Waals surface area contributed by atoms with Crippen LogP contribution in [0.2, 0.25) is 5.02 Å². The number of aliphatic hydroxyl groups is 1. The first-order chi connectivity index (χ1) is 17.3. The number of carbonyl (C=O) groups excluding carboxylic acids is 1. The number of amides is 1. The number of aromatic nitrogens is 4. The van der Waals surface area contributed by atoms with E-state index >= 15 is 0 Å². The molecule has 2 atom stereocenters. The number of rotatable bonds is 6. The lowest BCUT2D eigenvalue weighted by atomic mass is 9.85. The maximum absolute atomic E-state index is 14.7. The number of hydrogen-bond donors (Lipinski definition) is 4. The molecule has 2 fully saturated rings. The second-order valence-corrected chi connectivity index (χ2v) is 10.0. The van der Waals surface area contributed by atoms with Crippen LogP contribution >= 0.6 is 11.6 Å². The van der Waals surface area contributed by atoms with Gasteiger partial charge < -0.3 is 21.5 Å². The van der Waals surface area contributed by atoms with Crippen molar-refractivity contribution in [3.05, 3.63) is 35.0 Å². The topological polar surface area (TPSA) is 131 Å². The Morgan fingerprint density at radius 2 is 1.92 bits per heavy atom. The van der Waals surface area contributed by atoms with Crippen LogP contribution in [-0.4, -0.2) is 42.7 Å². The van der Waals surface area contributed by atoms with Gasteiger partial charge in [0.2, 0.25) is 17.8 Å². The molecule has 1 amide bonds. The highest BCUT2D eigenvalue weighted by atomic mass is 35.5. The number of carbonyl (C=O) groups is 1. The number of benzene rings is 1. The van der Waals surface area contributed by atoms with E-state index < -0.39 is 17.3 Å². The Hall–Kier alpha value is -3.05. The highest BCUT2D eigenvalue weighted by molar-refractivity contribution is 6.31. The first kappa shape index (κ1) is 24.6. The fourth-order valence-electron chi connectivity index (χ4n) is 5.24. The predicted molar refractivity (Wildman–Crippen MR) is 132 cm³/mol. The number of nitrogens with zero attached hydrogens (tertiary/aromatic N) is 4. The van der Waals surface area contributed by atoms with Gasteiger partial charge in [-0.05, 0) is 63.5 Å². The normalized spacial score (nSPS) is 24.6. The molecule has 5 N–H and O–H groups in total. The molecule has 9 nitrogen and oxygen atoms in total. The number of imidazole rings is 1. The maximum atomic E-state index is 14.7. The lowest BCUT2D eigenvalue weighted by Crippen LogP contribution is -2.30. The van der Waals surface area contributed by atoms with Crippen LogP contribution in [0.25, 0.3) is 11.2 Å². The highest BCUT2D eigenvalue weighted by Gasteiger charge is 2.30. The van der Waals surface area contributed by atoms with Gasteiger partial charge in [-0.15, -0.1) is 0 Å². The molecule has 1 aromatic carbocycles. The molecule has 2 saturated carbocycles. The van der Waals surface area contributed by atoms with Crippen LogP contribution in [0.1, 0.15) is 57.4 Å². The van der Waals surface area contributed by atoms with Crippen LogP contribution in [0.4, 0.5) is 26.4 Å². The Kier molecular flexibility index (Phi) is 6.94. The van der Waals surface area contributed by atoms with Crippen LogP contribution in [0.3, 0.4) is 0 Å². The first-order valence-corrected chi connectivity index (χ1v) is 12.6. The van der Waals surface area contributed by atoms with Crippen LogP contribution in [0, 0.1) is 17.6 Å². The zero-order valence-corrected chi connectivity index (χ0v) is 20.3. The van der Waals surface area contributed by atoms with Crippen LogP contribution in [0.15, 0.2) is 18.3 Å². The second-order valence-electron chi connectivity index (χ2n) is 9.62. The predicted octanol–water partition coefficient (Wildman–Crippen LogP) is 4.43. The summed E-state index contributed by atoms with van der Waals surface area (Å²) < 4.78 is 31.0. The fourth-order valence-corrected chi connectivity index (χ4v) is 5.40. The van der Waals surface area contributed by atoms with Crippen LogP contribution < -0.4 is 16.4 Å². The molecular weight excluding hydrogens is 492 g/mol. The van der Waals surface area contributed by atoms with Crippen molar-refractivity contribution in [3.8, 4) is 0 Å². The minimum absolute atomic E-state index is 0.0424. The molecule has 2 heterocycles. The van der Waals surface area contributed by atoms with Gasteiger partial charge in [0.25, 0.3) is 0 Å². The van der Waals surface area contributed by atoms with E-state index in [1.54, 1.807) is 6.20 Å². The summed E-state index contributed by atoms with van der Waals surface area (Å²) in [5.41, 5.74) is 6.04. The summed E-state index contributed by atoms with van der Waals surface area (Å²) in [7, 11) is 0. The van der Waals surface area contributed by atoms with E-state index in [1.807, 2.05) is 4.57 Å². The summed E-state index contributed by atoms with van der Waals surface area (Å²) >= 11 is 5.89. The van der Waals surface area contributed by atoms with E-state index in [9.17, 15) is 18.7 Å². The number of primary amides is 1. The van der Waals surface area contributed by atoms with Gasteiger partial charge in [-0.25, -0.2) is 18.7 Å². The van der Waals surface area contributed by atoms with Crippen LogP contribution in [0.5, 0.6) is 0 Å². The minimum atomic E-state index is -0.919. The van der Waals surface area contributed by atoms with E-state index in [4.69, 9.17) is 22.3 Å². The largest absolute Gasteiger partial charge is 0.393 e. The monoisotopic (exact) mass is 519 g/mol. The molecular formula is C24H28ClF2N7O2. The van der Waals surface area contributed by atoms with E-state index in [-0.39, 0.29) is 41.0 Å². The van der Waals surface area contributed by atoms with Crippen LogP contribution in [-0.2, 0) is 4.79 Å². The van der Waals surface area contributed by atoms with Crippen molar-refractivity contribution in [1.29, 1.82) is 0 Å². The molecule has 192 valence electrons. The Balaban J connectivity index is 1.52. The van der Waals surface area contributed by atoms with Crippen molar-refractivity contribution < 1.29 is 18.7 Å². The third kappa shape index (κ3) is 4.94. The Morgan fingerprint density at radius 3 is 2.64 bits per heavy atom. The van der Waals surface area contributed by atoms with Gasteiger partial charge in [0.1, 0.15) is 17.0 Å². The minimum Gasteiger partial charge on any atom is -0.393 e. The van der Waals surface area contributed by atoms with Crippen molar-refractivity contribution in [1.82, 2.24) is 19.5 Å². The average molecular weight is 520 g/mol. The number of nitrogens with one attached hydrogen (secondary N) is 2. The molecule has 2 aliphatic carbocycles. The molecule has 12 heteroatoms. The van der Waals surface area contributed by atoms with Gasteiger partial charge in [-0.2, -0.15) is 4.98 Å². The van der Waals surface area contributed by atoms with Gasteiger partial charge in [-0.1, -0.05) is 11.6 Å². The number of aliphatic hydroxyl groups excluding tert-OH is 1. The SMILES string of the molecule is NC(=O)C1CCC(n2c(Nc3c(F)ccc(Cl)c3F)nc3cnc(N[C@@H]4CCC[C@H](O)C4)nc32)CC1. The van der Waals surface area contributed by atoms with E-state index in [2.05, 4.69) is 20.6 Å². The first-order valence-electron chi connectivity index (χ1n) is 12.2. The van der Waals surface area contributed by atoms with Gasteiger partial charge in [0.15, 0.2) is 11.5 Å². The standard InChI is InChI=1S/C24H28ClF2N7O2/c25-16-8-9-17(26)20(19(16)27)32-24-31-18-11-29-23(30-13-2-1-3-15(35)10-13)33-22(18)34(24)14-6-4-12(5-7-14)21(28)36/h8-9,11-15,35H,1-7,10H2,(H2,28,36)(H,31,32)(H,29,30,33)/t12?,13-,14?,15+/m1/s1. The van der Waals surface area contributed by atoms with E-state index in [1.165, 1.54) is 0 Å². The number of hydrogen-bond acceptors (Lipinski definition) is 7. The molecule has 0 unspecified atom stereocenters. The summed E-state index contributed by atoms with van der Waals surface area (Å²) in [6.45, 7) is 0. The van der Waals surface area contributed by atoms with Crippen molar-refractivity contribution in [2.75, 3.05) is 10.6 Å². The molecule has 5 rings (SSSR count). The van der Waals surface area contributed by atoms with Crippen molar-refractivity contribution >= 4 is 46.3 Å². The lowest BCUT2D eigenvalue weighted by Gasteiger charge is -2.29. The van der Waals surface area contributed by atoms with Gasteiger partial charge in [-0.3, -0.25) is 9.36 Å². The van der Waals surface area contributed by atoms with Crippen molar-refractivity contribution in [2.24, 2.45) is 11.7 Å². The number of anilines is 3. The van der Waals surface area contributed by atoms with E-state index in [0.29, 0.717) is 49.2 Å². The number of halogens is 3. The van der Waals surface area contributed by atoms with Gasteiger partial charge in [0.05, 0.1) is 17.3 Å². The molecule has 2 aromatic heterocycles. The van der Waals surface area contributed by atoms with Gasteiger partial charge >= 0.3 is 0 Å². The highest BCUT2D eigenvalue weighted by Crippen LogP contribution is 2.38. The third-order valence-electron chi connectivity index (χ3n) is 7.16. The quantitative estimate of drug-likeness (QED) is 0.354. The summed E-state index contributed by atoms with van der Waals surface area (Å²) in [4.78, 5) is 25.3. The molecule has 36 heavy (non-hydrogen) atoms. The number of nitrogens with two attached hydrogens (primary N) is 1. The van der Waals surface area contributed by atoms with Crippen molar-refractivity contribution in [2.45, 2.75) is 69.6 Å². The zero-order chi connectivity index (χ0) is 25.4. The summed E-state index contributed by atoms with van der Waals surface area (Å²) in [5.74, 6) is -1.67.